The first kappa shape index (κ1) is 25.8. The van der Waals surface area contributed by atoms with Gasteiger partial charge in [0.2, 0.25) is 0 Å². The van der Waals surface area contributed by atoms with Crippen molar-refractivity contribution in [1.29, 1.82) is 0 Å². The van der Waals surface area contributed by atoms with Gasteiger partial charge in [-0.05, 0) is 69.1 Å². The van der Waals surface area contributed by atoms with Crippen molar-refractivity contribution in [2.24, 2.45) is 17.3 Å². The Morgan fingerprint density at radius 3 is 2.07 bits per heavy atom. The van der Waals surface area contributed by atoms with Crippen molar-refractivity contribution in [2.75, 3.05) is 6.61 Å². The van der Waals surface area contributed by atoms with Crippen molar-refractivity contribution in [3.05, 3.63) is 34.3 Å². The lowest BCUT2D eigenvalue weighted by Gasteiger charge is -2.42. The lowest BCUT2D eigenvalue weighted by molar-refractivity contribution is 0.110. The zero-order chi connectivity index (χ0) is 21.9. The van der Waals surface area contributed by atoms with Crippen LogP contribution < -0.4 is 4.72 Å². The first-order valence-electron chi connectivity index (χ1n) is 10.2. The quantitative estimate of drug-likeness (QED) is 0.509. The Labute approximate surface area is 181 Å². The molecule has 3 unspecified atom stereocenters. The van der Waals surface area contributed by atoms with Crippen LogP contribution in [0.1, 0.15) is 79.9 Å². The largest absolute Gasteiger partial charge is 0.598 e. The van der Waals surface area contributed by atoms with Crippen LogP contribution in [0.3, 0.4) is 0 Å². The van der Waals surface area contributed by atoms with Crippen LogP contribution in [-0.4, -0.2) is 21.0 Å². The van der Waals surface area contributed by atoms with Crippen LogP contribution in [0.2, 0.25) is 5.02 Å². The normalized spacial score (nSPS) is 17.5. The van der Waals surface area contributed by atoms with Gasteiger partial charge in [0, 0.05) is 28.9 Å². The molecule has 0 amide bonds. The molecule has 0 heterocycles. The molecule has 0 bridgehead atoms. The highest BCUT2D eigenvalue weighted by Gasteiger charge is 2.44. The molecule has 0 aliphatic rings. The molecule has 162 valence electrons. The van der Waals surface area contributed by atoms with Gasteiger partial charge < -0.3 is 9.66 Å². The number of aryl methyl sites for hydroxylation is 1. The molecule has 3 nitrogen and oxygen atoms in total. The Kier molecular flexibility index (Phi) is 8.93. The van der Waals surface area contributed by atoms with Crippen molar-refractivity contribution < 1.29 is 9.66 Å². The van der Waals surface area contributed by atoms with E-state index in [1.165, 1.54) is 0 Å². The molecule has 1 rings (SSSR count). The number of aliphatic hydroxyl groups is 1. The monoisotopic (exact) mass is 429 g/mol. The summed E-state index contributed by atoms with van der Waals surface area (Å²) in [4.78, 5) is 0. The third kappa shape index (κ3) is 6.91. The van der Waals surface area contributed by atoms with Gasteiger partial charge in [0.15, 0.2) is 0 Å². The van der Waals surface area contributed by atoms with Gasteiger partial charge in [0.1, 0.15) is 4.75 Å². The Bertz CT molecular complexity index is 636. The molecule has 0 aromatic heterocycles. The SMILES string of the molecule is CC(C)C(CO)C(C)(N[S+]([O-])C(C)(C)C)c1ccc(CCC(C)(C)C)c(Cl)c1. The minimum Gasteiger partial charge on any atom is -0.598 e. The van der Waals surface area contributed by atoms with E-state index >= 15 is 0 Å². The summed E-state index contributed by atoms with van der Waals surface area (Å²) in [6.07, 6.45) is 1.98. The smallest absolute Gasteiger partial charge is 0.136 e. The van der Waals surface area contributed by atoms with Crippen LogP contribution >= 0.6 is 11.6 Å². The molecule has 28 heavy (non-hydrogen) atoms. The van der Waals surface area contributed by atoms with Crippen LogP contribution in [0.5, 0.6) is 0 Å². The van der Waals surface area contributed by atoms with E-state index in [0.717, 1.165) is 29.0 Å². The first-order valence-corrected chi connectivity index (χ1v) is 11.7. The zero-order valence-electron chi connectivity index (χ0n) is 19.1. The summed E-state index contributed by atoms with van der Waals surface area (Å²) in [5, 5.41) is 10.9. The van der Waals surface area contributed by atoms with Crippen LogP contribution in [0.15, 0.2) is 18.2 Å². The Morgan fingerprint density at radius 1 is 1.11 bits per heavy atom. The minimum atomic E-state index is -1.28. The maximum Gasteiger partial charge on any atom is 0.136 e. The molecule has 0 fully saturated rings. The third-order valence-electron chi connectivity index (χ3n) is 5.40. The molecule has 0 saturated carbocycles. The highest BCUT2D eigenvalue weighted by molar-refractivity contribution is 7.90. The van der Waals surface area contributed by atoms with E-state index < -0.39 is 21.6 Å². The van der Waals surface area contributed by atoms with E-state index in [9.17, 15) is 9.66 Å². The van der Waals surface area contributed by atoms with Crippen molar-refractivity contribution >= 4 is 23.0 Å². The number of rotatable bonds is 8. The van der Waals surface area contributed by atoms with Gasteiger partial charge in [0.05, 0.1) is 5.54 Å². The minimum absolute atomic E-state index is 0.00586. The van der Waals surface area contributed by atoms with Crippen LogP contribution in [0.25, 0.3) is 0 Å². The van der Waals surface area contributed by atoms with E-state index in [0.29, 0.717) is 0 Å². The second kappa shape index (κ2) is 9.70. The van der Waals surface area contributed by atoms with Gasteiger partial charge in [-0.25, -0.2) is 0 Å². The van der Waals surface area contributed by atoms with E-state index in [4.69, 9.17) is 11.6 Å². The summed E-state index contributed by atoms with van der Waals surface area (Å²) in [6.45, 7) is 18.7. The summed E-state index contributed by atoms with van der Waals surface area (Å²) < 4.78 is 15.9. The van der Waals surface area contributed by atoms with Gasteiger partial charge in [-0.15, -0.1) is 4.72 Å². The van der Waals surface area contributed by atoms with Gasteiger partial charge in [-0.3, -0.25) is 0 Å². The average molecular weight is 430 g/mol. The van der Waals surface area contributed by atoms with Crippen molar-refractivity contribution in [3.63, 3.8) is 0 Å². The molecule has 1 aromatic rings. The Morgan fingerprint density at radius 2 is 1.68 bits per heavy atom. The number of hydrogen-bond acceptors (Lipinski definition) is 3. The number of halogens is 1. The second-order valence-corrected chi connectivity index (χ2v) is 13.0. The second-order valence-electron chi connectivity index (χ2n) is 10.6. The van der Waals surface area contributed by atoms with Gasteiger partial charge >= 0.3 is 0 Å². The Hall–Kier alpha value is -0.260. The van der Waals surface area contributed by atoms with Crippen LogP contribution in [0, 0.1) is 17.3 Å². The van der Waals surface area contributed by atoms with Gasteiger partial charge in [-0.2, -0.15) is 0 Å². The maximum absolute atomic E-state index is 12.9. The highest BCUT2D eigenvalue weighted by atomic mass is 35.5. The third-order valence-corrected chi connectivity index (χ3v) is 7.47. The average Bonchev–Trinajstić information content (AvgIpc) is 2.51. The predicted octanol–water partition coefficient (Wildman–Crippen LogP) is 5.85. The summed E-state index contributed by atoms with van der Waals surface area (Å²) >= 11 is 5.37. The molecular weight excluding hydrogens is 390 g/mol. The fraction of sp³-hybridized carbons (Fsp3) is 0.739. The number of aliphatic hydroxyl groups excluding tert-OH is 1. The molecule has 3 atom stereocenters. The topological polar surface area (TPSA) is 55.3 Å². The van der Waals surface area contributed by atoms with Crippen molar-refractivity contribution in [3.8, 4) is 0 Å². The fourth-order valence-electron chi connectivity index (χ4n) is 3.34. The molecule has 0 spiro atoms. The number of hydrogen-bond donors (Lipinski definition) is 2. The van der Waals surface area contributed by atoms with Gasteiger partial charge in [-0.1, -0.05) is 58.4 Å². The van der Waals surface area contributed by atoms with Gasteiger partial charge in [0.25, 0.3) is 0 Å². The summed E-state index contributed by atoms with van der Waals surface area (Å²) in [5.41, 5.74) is 1.68. The molecule has 2 N–H and O–H groups in total. The Balaban J connectivity index is 3.32. The predicted molar refractivity (Wildman–Crippen MR) is 123 cm³/mol. The zero-order valence-corrected chi connectivity index (χ0v) is 20.7. The lowest BCUT2D eigenvalue weighted by atomic mass is 9.74. The molecule has 5 heteroatoms. The van der Waals surface area contributed by atoms with E-state index in [1.807, 2.05) is 33.8 Å². The molecular formula is C23H40ClNO2S. The molecule has 0 saturated heterocycles. The van der Waals surface area contributed by atoms with E-state index in [-0.39, 0.29) is 23.9 Å². The van der Waals surface area contributed by atoms with E-state index in [1.54, 1.807) is 0 Å². The highest BCUT2D eigenvalue weighted by Crippen LogP contribution is 2.38. The standard InChI is InChI=1S/C23H40ClNO2S/c1-16(2)19(15-26)23(9,25-28(27)22(6,7)8)18-11-10-17(20(24)14-18)12-13-21(3,4)5/h10-11,14,16,19,25-26H,12-13,15H2,1-9H3. The van der Waals surface area contributed by atoms with E-state index in [2.05, 4.69) is 51.5 Å². The number of benzene rings is 1. The molecule has 0 radical (unpaired) electrons. The molecule has 0 aliphatic heterocycles. The fourth-order valence-corrected chi connectivity index (χ4v) is 4.57. The summed E-state index contributed by atoms with van der Waals surface area (Å²) in [6, 6.07) is 6.14. The van der Waals surface area contributed by atoms with Crippen LogP contribution in [-0.2, 0) is 23.3 Å². The number of nitrogens with one attached hydrogen (secondary N) is 1. The molecule has 0 aliphatic carbocycles. The molecule has 1 aromatic carbocycles. The van der Waals surface area contributed by atoms with Crippen LogP contribution in [0.4, 0.5) is 0 Å². The van der Waals surface area contributed by atoms with Crippen molar-refractivity contribution in [2.45, 2.75) is 85.4 Å². The van der Waals surface area contributed by atoms with Crippen molar-refractivity contribution in [1.82, 2.24) is 4.72 Å². The first-order chi connectivity index (χ1) is 12.6. The maximum atomic E-state index is 12.9. The summed E-state index contributed by atoms with van der Waals surface area (Å²) in [5.74, 6) is 0.106. The lowest BCUT2D eigenvalue weighted by Crippen LogP contribution is -2.55. The summed E-state index contributed by atoms with van der Waals surface area (Å²) in [7, 11) is 0.